The molecular formula is C16H24N2O. The average molecular weight is 260 g/mol. The number of nitrogens with zero attached hydrogens (tertiary/aromatic N) is 1. The lowest BCUT2D eigenvalue weighted by molar-refractivity contribution is 0.276. The molecule has 2 heterocycles. The van der Waals surface area contributed by atoms with Gasteiger partial charge in [-0.15, -0.1) is 0 Å². The van der Waals surface area contributed by atoms with E-state index in [-0.39, 0.29) is 0 Å². The molecule has 0 saturated carbocycles. The smallest absolute Gasteiger partial charge is 0.119 e. The number of anilines is 1. The van der Waals surface area contributed by atoms with E-state index >= 15 is 0 Å². The monoisotopic (exact) mass is 260 g/mol. The highest BCUT2D eigenvalue weighted by atomic mass is 16.5. The van der Waals surface area contributed by atoms with Gasteiger partial charge in [-0.25, -0.2) is 0 Å². The van der Waals surface area contributed by atoms with Crippen molar-refractivity contribution in [2.75, 3.05) is 38.2 Å². The fourth-order valence-electron chi connectivity index (χ4n) is 3.52. The van der Waals surface area contributed by atoms with E-state index in [1.807, 2.05) is 0 Å². The minimum atomic E-state index is 0.893. The topological polar surface area (TPSA) is 24.5 Å². The number of ether oxygens (including phenoxy) is 1. The predicted molar refractivity (Wildman–Crippen MR) is 78.9 cm³/mol. The van der Waals surface area contributed by atoms with Gasteiger partial charge in [0.05, 0.1) is 7.11 Å². The van der Waals surface area contributed by atoms with Crippen LogP contribution in [0.3, 0.4) is 0 Å². The van der Waals surface area contributed by atoms with Crippen LogP contribution in [0, 0.1) is 11.8 Å². The van der Waals surface area contributed by atoms with Crippen molar-refractivity contribution in [3.8, 4) is 5.75 Å². The van der Waals surface area contributed by atoms with Crippen LogP contribution >= 0.6 is 0 Å². The molecule has 1 N–H and O–H groups in total. The Morgan fingerprint density at radius 2 is 1.79 bits per heavy atom. The lowest BCUT2D eigenvalue weighted by Crippen LogP contribution is -2.32. The van der Waals surface area contributed by atoms with Gasteiger partial charge in [-0.2, -0.15) is 0 Å². The summed E-state index contributed by atoms with van der Waals surface area (Å²) < 4.78 is 5.22. The van der Waals surface area contributed by atoms with Crippen LogP contribution in [-0.4, -0.2) is 33.3 Å². The summed E-state index contributed by atoms with van der Waals surface area (Å²) in [5.41, 5.74) is 1.34. The Morgan fingerprint density at radius 1 is 1.05 bits per heavy atom. The second-order valence-electron chi connectivity index (χ2n) is 5.78. The Labute approximate surface area is 115 Å². The van der Waals surface area contributed by atoms with Crippen LogP contribution in [0.1, 0.15) is 19.3 Å². The van der Waals surface area contributed by atoms with Gasteiger partial charge in [0.15, 0.2) is 0 Å². The van der Waals surface area contributed by atoms with Gasteiger partial charge in [0.1, 0.15) is 5.75 Å². The molecule has 0 amide bonds. The van der Waals surface area contributed by atoms with Gasteiger partial charge in [0.25, 0.3) is 0 Å². The maximum atomic E-state index is 5.22. The molecule has 3 rings (SSSR count). The van der Waals surface area contributed by atoms with Crippen molar-refractivity contribution in [1.82, 2.24) is 5.32 Å². The van der Waals surface area contributed by atoms with Crippen LogP contribution < -0.4 is 15.0 Å². The molecule has 1 unspecified atom stereocenters. The van der Waals surface area contributed by atoms with E-state index in [1.165, 1.54) is 51.1 Å². The molecule has 0 aliphatic carbocycles. The van der Waals surface area contributed by atoms with Crippen LogP contribution in [0.5, 0.6) is 5.75 Å². The summed E-state index contributed by atoms with van der Waals surface area (Å²) >= 11 is 0. The number of rotatable bonds is 3. The van der Waals surface area contributed by atoms with Crippen molar-refractivity contribution >= 4 is 5.69 Å². The Kier molecular flexibility index (Phi) is 3.92. The maximum Gasteiger partial charge on any atom is 0.119 e. The highest BCUT2D eigenvalue weighted by molar-refractivity contribution is 5.49. The summed E-state index contributed by atoms with van der Waals surface area (Å²) in [7, 11) is 1.72. The Hall–Kier alpha value is -1.22. The molecule has 2 saturated heterocycles. The lowest BCUT2D eigenvalue weighted by atomic mass is 9.84. The molecule has 0 radical (unpaired) electrons. The molecule has 1 aromatic carbocycles. The quantitative estimate of drug-likeness (QED) is 0.904. The third-order valence-corrected chi connectivity index (χ3v) is 4.71. The standard InChI is InChI=1S/C16H24N2O/c1-19-16-4-2-15(3-5-16)18-11-8-14(12-18)13-6-9-17-10-7-13/h2-5,13-14,17H,6-12H2,1H3. The van der Waals surface area contributed by atoms with Gasteiger partial charge in [-0.1, -0.05) is 0 Å². The summed E-state index contributed by atoms with van der Waals surface area (Å²) in [6.45, 7) is 4.87. The third-order valence-electron chi connectivity index (χ3n) is 4.71. The average Bonchev–Trinajstić information content (AvgIpc) is 2.98. The van der Waals surface area contributed by atoms with Gasteiger partial charge in [-0.05, 0) is 68.5 Å². The van der Waals surface area contributed by atoms with Gasteiger partial charge in [0, 0.05) is 18.8 Å². The molecule has 2 aliphatic heterocycles. The third kappa shape index (κ3) is 2.86. The molecule has 0 bridgehead atoms. The fourth-order valence-corrected chi connectivity index (χ4v) is 3.52. The zero-order valence-corrected chi connectivity index (χ0v) is 11.8. The van der Waals surface area contributed by atoms with Gasteiger partial charge < -0.3 is 15.0 Å². The van der Waals surface area contributed by atoms with Crippen LogP contribution in [0.15, 0.2) is 24.3 Å². The number of hydrogen-bond donors (Lipinski definition) is 1. The molecule has 19 heavy (non-hydrogen) atoms. The number of benzene rings is 1. The van der Waals surface area contributed by atoms with Gasteiger partial charge >= 0.3 is 0 Å². The number of methoxy groups -OCH3 is 1. The first-order chi connectivity index (χ1) is 9.36. The second kappa shape index (κ2) is 5.83. The van der Waals surface area contributed by atoms with Crippen molar-refractivity contribution in [2.45, 2.75) is 19.3 Å². The summed E-state index contributed by atoms with van der Waals surface area (Å²) in [5, 5.41) is 3.47. The Morgan fingerprint density at radius 3 is 2.47 bits per heavy atom. The number of nitrogens with one attached hydrogen (secondary N) is 1. The second-order valence-corrected chi connectivity index (χ2v) is 5.78. The summed E-state index contributed by atoms with van der Waals surface area (Å²) in [6, 6.07) is 8.49. The molecule has 3 nitrogen and oxygen atoms in total. The minimum absolute atomic E-state index is 0.893. The fraction of sp³-hybridized carbons (Fsp3) is 0.625. The summed E-state index contributed by atoms with van der Waals surface area (Å²) in [4.78, 5) is 2.53. The van der Waals surface area contributed by atoms with E-state index < -0.39 is 0 Å². The van der Waals surface area contributed by atoms with Crippen LogP contribution in [-0.2, 0) is 0 Å². The zero-order valence-electron chi connectivity index (χ0n) is 11.8. The lowest BCUT2D eigenvalue weighted by Gasteiger charge is -2.28. The normalized spacial score (nSPS) is 24.7. The van der Waals surface area contributed by atoms with Crippen LogP contribution in [0.4, 0.5) is 5.69 Å². The number of piperidine rings is 1. The Bertz CT molecular complexity index is 398. The van der Waals surface area contributed by atoms with Gasteiger partial charge in [-0.3, -0.25) is 0 Å². The maximum absolute atomic E-state index is 5.22. The van der Waals surface area contributed by atoms with E-state index in [1.54, 1.807) is 7.11 Å². The molecule has 0 spiro atoms. The number of hydrogen-bond acceptors (Lipinski definition) is 3. The molecule has 1 atom stereocenters. The van der Waals surface area contributed by atoms with Crippen molar-refractivity contribution in [1.29, 1.82) is 0 Å². The van der Waals surface area contributed by atoms with Crippen molar-refractivity contribution in [3.05, 3.63) is 24.3 Å². The molecular weight excluding hydrogens is 236 g/mol. The van der Waals surface area contributed by atoms with E-state index in [4.69, 9.17) is 4.74 Å². The molecule has 0 aromatic heterocycles. The van der Waals surface area contributed by atoms with Crippen molar-refractivity contribution in [3.63, 3.8) is 0 Å². The Balaban J connectivity index is 1.61. The van der Waals surface area contributed by atoms with E-state index in [2.05, 4.69) is 34.5 Å². The van der Waals surface area contributed by atoms with Gasteiger partial charge in [0.2, 0.25) is 0 Å². The van der Waals surface area contributed by atoms with Crippen molar-refractivity contribution < 1.29 is 4.74 Å². The minimum Gasteiger partial charge on any atom is -0.497 e. The first kappa shape index (κ1) is 12.8. The van der Waals surface area contributed by atoms with Crippen LogP contribution in [0.2, 0.25) is 0 Å². The van der Waals surface area contributed by atoms with E-state index in [9.17, 15) is 0 Å². The largest absolute Gasteiger partial charge is 0.497 e. The molecule has 1 aromatic rings. The summed E-state index contributed by atoms with van der Waals surface area (Å²) in [5.74, 6) is 2.77. The van der Waals surface area contributed by atoms with E-state index in [0.717, 1.165) is 17.6 Å². The highest BCUT2D eigenvalue weighted by Crippen LogP contribution is 2.33. The molecule has 104 valence electrons. The van der Waals surface area contributed by atoms with E-state index in [0.29, 0.717) is 0 Å². The molecule has 3 heteroatoms. The molecule has 2 fully saturated rings. The summed E-state index contributed by atoms with van der Waals surface area (Å²) in [6.07, 6.45) is 4.08. The zero-order chi connectivity index (χ0) is 13.1. The predicted octanol–water partition coefficient (Wildman–Crippen LogP) is 2.52. The van der Waals surface area contributed by atoms with Crippen molar-refractivity contribution in [2.24, 2.45) is 11.8 Å². The molecule has 2 aliphatic rings. The SMILES string of the molecule is COc1ccc(N2CCC(C3CCNCC3)C2)cc1. The highest BCUT2D eigenvalue weighted by Gasteiger charge is 2.30. The first-order valence-electron chi connectivity index (χ1n) is 7.46. The van der Waals surface area contributed by atoms with Crippen LogP contribution in [0.25, 0.3) is 0 Å². The first-order valence-corrected chi connectivity index (χ1v) is 7.46.